The molecular weight excluding hydrogens is 440 g/mol. The van der Waals surface area contributed by atoms with Crippen molar-refractivity contribution in [1.29, 1.82) is 0 Å². The van der Waals surface area contributed by atoms with Gasteiger partial charge < -0.3 is 25.3 Å². The topological polar surface area (TPSA) is 140 Å². The molecule has 1 unspecified atom stereocenters. The molecule has 1 saturated heterocycles. The van der Waals surface area contributed by atoms with Crippen LogP contribution in [-0.2, 0) is 22.6 Å². The summed E-state index contributed by atoms with van der Waals surface area (Å²) in [6.45, 7) is 4.89. The number of nitrogens with zero attached hydrogens (tertiary/aromatic N) is 1. The number of alkyl carbamates (subject to hydrolysis) is 1. The zero-order valence-corrected chi connectivity index (χ0v) is 19.3. The third-order valence-electron chi connectivity index (χ3n) is 5.85. The van der Waals surface area contributed by atoms with E-state index in [1.54, 1.807) is 6.07 Å². The van der Waals surface area contributed by atoms with Crippen molar-refractivity contribution in [2.45, 2.75) is 44.6 Å². The molecule has 1 fully saturated rings. The van der Waals surface area contributed by atoms with Gasteiger partial charge in [0, 0.05) is 37.2 Å². The smallest absolute Gasteiger partial charge is 0.407 e. The maximum atomic E-state index is 12.5. The minimum atomic E-state index is -0.587. The molecule has 2 heterocycles. The molecule has 2 aromatic rings. The van der Waals surface area contributed by atoms with Crippen LogP contribution in [0.4, 0.5) is 10.5 Å². The fraction of sp³-hybridized carbons (Fsp3) is 0.417. The number of carbonyl (C=O) groups excluding carboxylic acids is 2. The molecule has 0 bridgehead atoms. The number of carbonyl (C=O) groups is 2. The average molecular weight is 472 g/mol. The number of ether oxygens (including phenoxy) is 3. The van der Waals surface area contributed by atoms with E-state index in [0.717, 1.165) is 23.0 Å². The molecule has 0 spiro atoms. The van der Waals surface area contributed by atoms with E-state index < -0.39 is 24.1 Å². The number of benzene rings is 2. The second kappa shape index (κ2) is 9.88. The van der Waals surface area contributed by atoms with Crippen LogP contribution >= 0.6 is 0 Å². The van der Waals surface area contributed by atoms with Crippen molar-refractivity contribution in [3.8, 4) is 11.5 Å². The first-order valence-electron chi connectivity index (χ1n) is 11.2. The highest BCUT2D eigenvalue weighted by Crippen LogP contribution is 2.40. The van der Waals surface area contributed by atoms with E-state index in [2.05, 4.69) is 5.32 Å². The Hall–Kier alpha value is -3.34. The fourth-order valence-electron chi connectivity index (χ4n) is 4.39. The lowest BCUT2D eigenvalue weighted by Gasteiger charge is -2.22. The lowest BCUT2D eigenvalue weighted by Crippen LogP contribution is -2.73. The van der Waals surface area contributed by atoms with Gasteiger partial charge in [-0.05, 0) is 19.4 Å². The van der Waals surface area contributed by atoms with Crippen molar-refractivity contribution in [2.75, 3.05) is 19.6 Å². The summed E-state index contributed by atoms with van der Waals surface area (Å²) in [6.07, 6.45) is -0.373. The molecule has 0 radical (unpaired) electrons. The number of hydrogen-bond acceptors (Lipinski definition) is 7. The van der Waals surface area contributed by atoms with Crippen LogP contribution in [0, 0.1) is 0 Å². The summed E-state index contributed by atoms with van der Waals surface area (Å²) in [7, 11) is 0. The molecule has 10 nitrogen and oxygen atoms in total. The monoisotopic (exact) mass is 471 g/mol. The Labute approximate surface area is 197 Å². The SMILES string of the molecule is CC1(C)Cc2cc([NH2+]O)c(OC3CN(CC(N)=O)C[C@@H]3NC(=O)OCc3ccccc3)cc2O1. The van der Waals surface area contributed by atoms with Crippen LogP contribution in [-0.4, -0.2) is 59.5 Å². The van der Waals surface area contributed by atoms with Crippen LogP contribution < -0.4 is 26.0 Å². The number of fused-ring (bicyclic) bond motifs is 1. The van der Waals surface area contributed by atoms with Gasteiger partial charge in [0.1, 0.15) is 24.1 Å². The summed E-state index contributed by atoms with van der Waals surface area (Å²) in [5.41, 5.74) is 8.40. The molecule has 34 heavy (non-hydrogen) atoms. The molecule has 10 heteroatoms. The predicted octanol–water partition coefficient (Wildman–Crippen LogP) is 0.828. The molecular formula is C24H31N4O6+. The third-order valence-corrected chi connectivity index (χ3v) is 5.85. The number of quaternary nitrogens is 1. The first-order valence-corrected chi connectivity index (χ1v) is 11.2. The average Bonchev–Trinajstić information content (AvgIpc) is 3.29. The Balaban J connectivity index is 1.47. The Bertz CT molecular complexity index is 1050. The van der Waals surface area contributed by atoms with E-state index in [9.17, 15) is 14.8 Å². The minimum absolute atomic E-state index is 0.0393. The standard InChI is InChI=1S/C24H30N4O6/c1-24(2)10-16-8-17(27-31)20(9-19(16)34-24)33-21-12-28(13-22(25)29)11-18(21)26-23(30)32-14-15-6-4-3-5-7-15/h3-9,18,21,27,31H,10-14H2,1-2H3,(H2,25,29)(H,26,30)/p+1/t18-,21?/m0/s1. The Morgan fingerprint density at radius 1 is 1.26 bits per heavy atom. The molecule has 0 aromatic heterocycles. The van der Waals surface area contributed by atoms with Crippen molar-refractivity contribution < 1.29 is 34.5 Å². The largest absolute Gasteiger partial charge is 0.487 e. The van der Waals surface area contributed by atoms with Gasteiger partial charge in [-0.1, -0.05) is 30.3 Å². The normalized spacial score (nSPS) is 20.9. The van der Waals surface area contributed by atoms with E-state index in [4.69, 9.17) is 19.9 Å². The molecule has 0 aliphatic carbocycles. The quantitative estimate of drug-likeness (QED) is 0.330. The number of nitrogens with two attached hydrogens (primary N) is 2. The van der Waals surface area contributed by atoms with Crippen molar-refractivity contribution in [3.05, 3.63) is 53.6 Å². The van der Waals surface area contributed by atoms with Gasteiger partial charge in [-0.2, -0.15) is 5.48 Å². The van der Waals surface area contributed by atoms with Crippen molar-refractivity contribution in [2.24, 2.45) is 5.73 Å². The van der Waals surface area contributed by atoms with Crippen LogP contribution in [0.2, 0.25) is 0 Å². The van der Waals surface area contributed by atoms with Crippen LogP contribution in [0.25, 0.3) is 0 Å². The first-order chi connectivity index (χ1) is 16.2. The molecule has 2 atom stereocenters. The third kappa shape index (κ3) is 5.77. The Morgan fingerprint density at radius 3 is 2.74 bits per heavy atom. The number of rotatable bonds is 8. The summed E-state index contributed by atoms with van der Waals surface area (Å²) >= 11 is 0. The maximum Gasteiger partial charge on any atom is 0.407 e. The van der Waals surface area contributed by atoms with Gasteiger partial charge in [0.25, 0.3) is 0 Å². The fourth-order valence-corrected chi connectivity index (χ4v) is 4.39. The number of likely N-dealkylation sites (tertiary alicyclic amines) is 1. The van der Waals surface area contributed by atoms with E-state index in [0.29, 0.717) is 30.3 Å². The second-order valence-corrected chi connectivity index (χ2v) is 9.29. The summed E-state index contributed by atoms with van der Waals surface area (Å²) in [5, 5.41) is 12.6. The molecule has 2 aromatic carbocycles. The summed E-state index contributed by atoms with van der Waals surface area (Å²) < 4.78 is 17.6. The van der Waals surface area contributed by atoms with Gasteiger partial charge >= 0.3 is 6.09 Å². The number of primary amides is 1. The number of hydrogen-bond donors (Lipinski definition) is 4. The second-order valence-electron chi connectivity index (χ2n) is 9.29. The van der Waals surface area contributed by atoms with Gasteiger partial charge in [-0.25, -0.2) is 10.0 Å². The molecule has 182 valence electrons. The summed E-state index contributed by atoms with van der Waals surface area (Å²) in [4.78, 5) is 25.8. The van der Waals surface area contributed by atoms with Crippen LogP contribution in [0.5, 0.6) is 11.5 Å². The highest BCUT2D eigenvalue weighted by molar-refractivity contribution is 5.76. The van der Waals surface area contributed by atoms with E-state index >= 15 is 0 Å². The van der Waals surface area contributed by atoms with Crippen molar-refractivity contribution >= 4 is 17.7 Å². The molecule has 0 saturated carbocycles. The summed E-state index contributed by atoms with van der Waals surface area (Å²) in [6, 6.07) is 12.5. The maximum absolute atomic E-state index is 12.5. The lowest BCUT2D eigenvalue weighted by molar-refractivity contribution is -0.826. The van der Waals surface area contributed by atoms with Crippen molar-refractivity contribution in [1.82, 2.24) is 10.2 Å². The zero-order valence-electron chi connectivity index (χ0n) is 19.3. The molecule has 6 N–H and O–H groups in total. The van der Waals surface area contributed by atoms with Gasteiger partial charge in [0.15, 0.2) is 5.75 Å². The molecule has 2 amide bonds. The highest BCUT2D eigenvalue weighted by Gasteiger charge is 2.38. The van der Waals surface area contributed by atoms with E-state index in [-0.39, 0.29) is 18.8 Å². The van der Waals surface area contributed by atoms with Crippen molar-refractivity contribution in [3.63, 3.8) is 0 Å². The lowest BCUT2D eigenvalue weighted by atomic mass is 10.0. The molecule has 2 aliphatic heterocycles. The van der Waals surface area contributed by atoms with Crippen LogP contribution in [0.1, 0.15) is 25.0 Å². The van der Waals surface area contributed by atoms with E-state index in [1.165, 1.54) is 0 Å². The molecule has 2 aliphatic rings. The summed E-state index contributed by atoms with van der Waals surface area (Å²) in [5.74, 6) is 0.655. The molecule has 4 rings (SSSR count). The van der Waals surface area contributed by atoms with Crippen LogP contribution in [0.15, 0.2) is 42.5 Å². The predicted molar refractivity (Wildman–Crippen MR) is 122 cm³/mol. The number of nitrogens with one attached hydrogen (secondary N) is 1. The zero-order chi connectivity index (χ0) is 24.3. The Kier molecular flexibility index (Phi) is 6.92. The van der Waals surface area contributed by atoms with Gasteiger partial charge in [0.05, 0.1) is 12.6 Å². The Morgan fingerprint density at radius 2 is 2.03 bits per heavy atom. The van der Waals surface area contributed by atoms with Gasteiger partial charge in [-0.15, -0.1) is 0 Å². The number of amides is 2. The highest BCUT2D eigenvalue weighted by atomic mass is 16.6. The van der Waals surface area contributed by atoms with Crippen LogP contribution in [0.3, 0.4) is 0 Å². The van der Waals surface area contributed by atoms with E-state index in [1.807, 2.05) is 55.1 Å². The first kappa shape index (κ1) is 23.8. The van der Waals surface area contributed by atoms with Gasteiger partial charge in [0.2, 0.25) is 11.6 Å². The minimum Gasteiger partial charge on any atom is -0.487 e. The van der Waals surface area contributed by atoms with Gasteiger partial charge in [-0.3, -0.25) is 9.69 Å².